The minimum absolute atomic E-state index is 0. The Kier molecular flexibility index (Phi) is 4.37. The minimum Gasteiger partial charge on any atom is -0.384 e. The van der Waals surface area contributed by atoms with E-state index < -0.39 is 0 Å². The Morgan fingerprint density at radius 1 is 1.55 bits per heavy atom. The highest BCUT2D eigenvalue weighted by Crippen LogP contribution is 2.25. The summed E-state index contributed by atoms with van der Waals surface area (Å²) in [7, 11) is 1.77. The lowest BCUT2D eigenvalue weighted by atomic mass is 9.90. The van der Waals surface area contributed by atoms with E-state index in [4.69, 9.17) is 4.74 Å². The number of methoxy groups -OCH3 is 1. The van der Waals surface area contributed by atoms with Crippen molar-refractivity contribution in [1.82, 2.24) is 5.32 Å². The first-order chi connectivity index (χ1) is 4.67. The molecule has 0 bridgehead atoms. The third-order valence-electron chi connectivity index (χ3n) is 2.46. The van der Waals surface area contributed by atoms with Crippen LogP contribution in [0.3, 0.4) is 0 Å². The lowest BCUT2D eigenvalue weighted by molar-refractivity contribution is 0.125. The van der Waals surface area contributed by atoms with Crippen LogP contribution in [0.2, 0.25) is 0 Å². The summed E-state index contributed by atoms with van der Waals surface area (Å²) in [5.74, 6) is 0.692. The highest BCUT2D eigenvalue weighted by molar-refractivity contribution is 5.85. The van der Waals surface area contributed by atoms with E-state index in [-0.39, 0.29) is 17.9 Å². The van der Waals surface area contributed by atoms with Crippen molar-refractivity contribution in [2.24, 2.45) is 5.92 Å². The maximum Gasteiger partial charge on any atom is 0.0508 e. The van der Waals surface area contributed by atoms with Crippen molar-refractivity contribution in [1.29, 1.82) is 0 Å². The average Bonchev–Trinajstić information content (AvgIpc) is 2.13. The second kappa shape index (κ2) is 4.29. The van der Waals surface area contributed by atoms with Gasteiger partial charge in [0, 0.05) is 18.6 Å². The normalized spacial score (nSPS) is 28.1. The molecule has 1 saturated heterocycles. The van der Waals surface area contributed by atoms with Crippen LogP contribution < -0.4 is 5.32 Å². The Morgan fingerprint density at radius 2 is 2.18 bits per heavy atom. The second-order valence-corrected chi connectivity index (χ2v) is 3.59. The van der Waals surface area contributed by atoms with Crippen molar-refractivity contribution < 1.29 is 4.74 Å². The summed E-state index contributed by atoms with van der Waals surface area (Å²) < 4.78 is 5.12. The van der Waals surface area contributed by atoms with Crippen LogP contribution in [-0.4, -0.2) is 25.8 Å². The number of nitrogens with one attached hydrogen (secondary N) is 1. The SMILES string of the molecule is COCC1CCNC1(C)C.Cl. The Bertz CT molecular complexity index is 117. The molecule has 0 amide bonds. The number of ether oxygens (including phenoxy) is 1. The number of hydrogen-bond donors (Lipinski definition) is 1. The van der Waals surface area contributed by atoms with Crippen molar-refractivity contribution in [2.45, 2.75) is 25.8 Å². The first-order valence-corrected chi connectivity index (χ1v) is 3.91. The molecule has 0 saturated carbocycles. The van der Waals surface area contributed by atoms with E-state index in [9.17, 15) is 0 Å². The van der Waals surface area contributed by atoms with Crippen molar-refractivity contribution in [3.63, 3.8) is 0 Å². The summed E-state index contributed by atoms with van der Waals surface area (Å²) >= 11 is 0. The fourth-order valence-electron chi connectivity index (χ4n) is 1.57. The molecule has 1 unspecified atom stereocenters. The zero-order chi connectivity index (χ0) is 7.61. The molecule has 0 aliphatic carbocycles. The molecule has 1 heterocycles. The summed E-state index contributed by atoms with van der Waals surface area (Å²) in [6.45, 7) is 6.51. The summed E-state index contributed by atoms with van der Waals surface area (Å²) in [4.78, 5) is 0. The molecule has 0 aromatic carbocycles. The molecule has 1 fully saturated rings. The topological polar surface area (TPSA) is 21.3 Å². The molecule has 0 aromatic rings. The van der Waals surface area contributed by atoms with E-state index in [1.807, 2.05) is 0 Å². The zero-order valence-electron chi connectivity index (χ0n) is 7.52. The molecule has 0 aromatic heterocycles. The van der Waals surface area contributed by atoms with Gasteiger partial charge in [-0.05, 0) is 26.8 Å². The van der Waals surface area contributed by atoms with E-state index in [0.29, 0.717) is 5.92 Å². The standard InChI is InChI=1S/C8H17NO.ClH/c1-8(2)7(6-10-3)4-5-9-8;/h7,9H,4-6H2,1-3H3;1H. The molecule has 1 aliphatic heterocycles. The van der Waals surface area contributed by atoms with Gasteiger partial charge in [0.1, 0.15) is 0 Å². The van der Waals surface area contributed by atoms with E-state index in [0.717, 1.165) is 13.2 Å². The van der Waals surface area contributed by atoms with Gasteiger partial charge in [0.25, 0.3) is 0 Å². The summed E-state index contributed by atoms with van der Waals surface area (Å²) in [5.41, 5.74) is 0.288. The van der Waals surface area contributed by atoms with Gasteiger partial charge in [-0.3, -0.25) is 0 Å². The smallest absolute Gasteiger partial charge is 0.0508 e. The van der Waals surface area contributed by atoms with Gasteiger partial charge < -0.3 is 10.1 Å². The first kappa shape index (κ1) is 11.2. The summed E-state index contributed by atoms with van der Waals surface area (Å²) in [6.07, 6.45) is 1.25. The van der Waals surface area contributed by atoms with E-state index in [1.54, 1.807) is 7.11 Å². The Balaban J connectivity index is 0.000001000. The fraction of sp³-hybridized carbons (Fsp3) is 1.00. The van der Waals surface area contributed by atoms with Crippen LogP contribution in [0.1, 0.15) is 20.3 Å². The van der Waals surface area contributed by atoms with Gasteiger partial charge in [-0.2, -0.15) is 0 Å². The average molecular weight is 180 g/mol. The fourth-order valence-corrected chi connectivity index (χ4v) is 1.57. The number of hydrogen-bond acceptors (Lipinski definition) is 2. The van der Waals surface area contributed by atoms with Gasteiger partial charge in [0.15, 0.2) is 0 Å². The maximum atomic E-state index is 5.12. The Labute approximate surface area is 75.1 Å². The van der Waals surface area contributed by atoms with Crippen molar-refractivity contribution in [3.05, 3.63) is 0 Å². The number of halogens is 1. The van der Waals surface area contributed by atoms with Gasteiger partial charge in [0.2, 0.25) is 0 Å². The van der Waals surface area contributed by atoms with Gasteiger partial charge in [-0.25, -0.2) is 0 Å². The third kappa shape index (κ3) is 2.62. The molecular weight excluding hydrogens is 162 g/mol. The van der Waals surface area contributed by atoms with Gasteiger partial charge >= 0.3 is 0 Å². The predicted octanol–water partition coefficient (Wildman–Crippen LogP) is 1.44. The molecule has 1 atom stereocenters. The summed E-state index contributed by atoms with van der Waals surface area (Å²) in [5, 5.41) is 3.45. The van der Waals surface area contributed by atoms with E-state index in [2.05, 4.69) is 19.2 Å². The highest BCUT2D eigenvalue weighted by atomic mass is 35.5. The molecule has 1 rings (SSSR count). The Hall–Kier alpha value is 0.210. The Morgan fingerprint density at radius 3 is 2.55 bits per heavy atom. The van der Waals surface area contributed by atoms with Gasteiger partial charge in [-0.1, -0.05) is 0 Å². The minimum atomic E-state index is 0. The molecule has 11 heavy (non-hydrogen) atoms. The van der Waals surface area contributed by atoms with Crippen LogP contribution in [0.25, 0.3) is 0 Å². The highest BCUT2D eigenvalue weighted by Gasteiger charge is 2.33. The third-order valence-corrected chi connectivity index (χ3v) is 2.46. The molecule has 1 N–H and O–H groups in total. The van der Waals surface area contributed by atoms with Crippen LogP contribution in [0, 0.1) is 5.92 Å². The van der Waals surface area contributed by atoms with Crippen LogP contribution in [-0.2, 0) is 4.74 Å². The second-order valence-electron chi connectivity index (χ2n) is 3.59. The molecule has 1 aliphatic rings. The van der Waals surface area contributed by atoms with E-state index in [1.165, 1.54) is 6.42 Å². The largest absolute Gasteiger partial charge is 0.384 e. The van der Waals surface area contributed by atoms with Crippen molar-refractivity contribution >= 4 is 12.4 Å². The van der Waals surface area contributed by atoms with Crippen LogP contribution in [0.15, 0.2) is 0 Å². The molecule has 3 heteroatoms. The first-order valence-electron chi connectivity index (χ1n) is 3.91. The van der Waals surface area contributed by atoms with Crippen LogP contribution >= 0.6 is 12.4 Å². The lowest BCUT2D eigenvalue weighted by Gasteiger charge is -2.26. The van der Waals surface area contributed by atoms with Crippen LogP contribution in [0.5, 0.6) is 0 Å². The quantitative estimate of drug-likeness (QED) is 0.693. The van der Waals surface area contributed by atoms with Crippen molar-refractivity contribution in [3.8, 4) is 0 Å². The summed E-state index contributed by atoms with van der Waals surface area (Å²) in [6, 6.07) is 0. The monoisotopic (exact) mass is 179 g/mol. The van der Waals surface area contributed by atoms with Gasteiger partial charge in [0.05, 0.1) is 6.61 Å². The molecule has 2 nitrogen and oxygen atoms in total. The van der Waals surface area contributed by atoms with E-state index >= 15 is 0 Å². The number of rotatable bonds is 2. The lowest BCUT2D eigenvalue weighted by Crippen LogP contribution is -2.39. The van der Waals surface area contributed by atoms with Gasteiger partial charge in [-0.15, -0.1) is 12.4 Å². The maximum absolute atomic E-state index is 5.12. The molecular formula is C8H18ClNO. The molecule has 0 radical (unpaired) electrons. The van der Waals surface area contributed by atoms with Crippen molar-refractivity contribution in [2.75, 3.05) is 20.3 Å². The zero-order valence-corrected chi connectivity index (χ0v) is 8.33. The molecule has 0 spiro atoms. The molecule has 68 valence electrons. The predicted molar refractivity (Wildman–Crippen MR) is 49.3 cm³/mol. The van der Waals surface area contributed by atoms with Crippen LogP contribution in [0.4, 0.5) is 0 Å².